The van der Waals surface area contributed by atoms with Gasteiger partial charge in [-0.25, -0.2) is 9.48 Å². The average molecular weight is 591 g/mol. The number of rotatable bonds is 11. The summed E-state index contributed by atoms with van der Waals surface area (Å²) in [6.45, 7) is 4.40. The van der Waals surface area contributed by atoms with E-state index in [-0.39, 0.29) is 13.2 Å². The van der Waals surface area contributed by atoms with E-state index in [0.29, 0.717) is 38.9 Å². The fourth-order valence-electron chi connectivity index (χ4n) is 4.50. The van der Waals surface area contributed by atoms with E-state index in [4.69, 9.17) is 30.9 Å². The number of aromatic nitrogens is 3. The summed E-state index contributed by atoms with van der Waals surface area (Å²) in [5.74, 6) is 2.08. The lowest BCUT2D eigenvalue weighted by Gasteiger charge is -2.28. The molecule has 0 spiro atoms. The van der Waals surface area contributed by atoms with Crippen molar-refractivity contribution in [2.24, 2.45) is 0 Å². The van der Waals surface area contributed by atoms with E-state index in [1.54, 1.807) is 23.6 Å². The van der Waals surface area contributed by atoms with Crippen LogP contribution in [0.3, 0.4) is 0 Å². The van der Waals surface area contributed by atoms with Crippen molar-refractivity contribution in [1.82, 2.24) is 14.8 Å². The fourth-order valence-corrected chi connectivity index (χ4v) is 5.38. The van der Waals surface area contributed by atoms with Crippen LogP contribution < -0.4 is 14.8 Å². The molecule has 0 fully saturated rings. The first-order valence-corrected chi connectivity index (χ1v) is 14.7. The van der Waals surface area contributed by atoms with Gasteiger partial charge in [-0.05, 0) is 42.7 Å². The van der Waals surface area contributed by atoms with Crippen molar-refractivity contribution >= 4 is 35.3 Å². The summed E-state index contributed by atoms with van der Waals surface area (Å²) >= 11 is 7.89. The summed E-state index contributed by atoms with van der Waals surface area (Å²) in [4.78, 5) is 18.3. The van der Waals surface area contributed by atoms with Crippen LogP contribution >= 0.6 is 23.4 Å². The Balaban J connectivity index is 1.48. The predicted octanol–water partition coefficient (Wildman–Crippen LogP) is 7.05. The van der Waals surface area contributed by atoms with E-state index < -0.39 is 12.0 Å². The maximum atomic E-state index is 13.6. The van der Waals surface area contributed by atoms with Crippen LogP contribution in [-0.4, -0.2) is 33.6 Å². The van der Waals surface area contributed by atoms with Gasteiger partial charge in [0.1, 0.15) is 19.3 Å². The Labute approximate surface area is 248 Å². The number of halogens is 1. The van der Waals surface area contributed by atoms with Crippen LogP contribution in [0.25, 0.3) is 0 Å². The zero-order valence-corrected chi connectivity index (χ0v) is 24.7. The molecule has 1 aliphatic rings. The minimum Gasteiger partial charge on any atom is -0.493 e. The molecule has 0 aliphatic carbocycles. The summed E-state index contributed by atoms with van der Waals surface area (Å²) < 4.78 is 19.3. The van der Waals surface area contributed by atoms with Crippen LogP contribution in [0.1, 0.15) is 43.0 Å². The number of anilines is 1. The quantitative estimate of drug-likeness (QED) is 0.147. The smallest absolute Gasteiger partial charge is 0.338 e. The number of nitrogens with zero attached hydrogens (tertiary/aromatic N) is 3. The first-order chi connectivity index (χ1) is 20.0. The number of benzene rings is 3. The third kappa shape index (κ3) is 6.52. The van der Waals surface area contributed by atoms with Gasteiger partial charge in [0.25, 0.3) is 0 Å². The van der Waals surface area contributed by atoms with Crippen LogP contribution in [0.2, 0.25) is 5.02 Å². The minimum absolute atomic E-state index is 0.156. The molecule has 2 heterocycles. The highest BCUT2D eigenvalue weighted by atomic mass is 35.5. The van der Waals surface area contributed by atoms with Gasteiger partial charge in [-0.15, -0.1) is 5.10 Å². The molecule has 10 heteroatoms. The number of fused-ring (bicyclic) bond motifs is 1. The molecule has 212 valence electrons. The standard InChI is InChI=1S/C31H31ClN4O4S/c1-4-16-41-31-34-30-33-20(2)27(29(37)40-18-21-10-6-5-7-11-21)28(36(30)35-31)22-14-15-25(26(17-22)38-3)39-19-23-12-8-9-13-24(23)32/h5-15,17,28H,4,16,18-19H2,1-3H3,(H,33,34,35). The topological polar surface area (TPSA) is 87.5 Å². The molecule has 0 saturated carbocycles. The Hall–Kier alpha value is -3.95. The summed E-state index contributed by atoms with van der Waals surface area (Å²) in [6, 6.07) is 22.1. The molecule has 4 aromatic rings. The number of hydrogen-bond donors (Lipinski definition) is 1. The molecule has 0 bridgehead atoms. The lowest BCUT2D eigenvalue weighted by Crippen LogP contribution is -2.29. The third-order valence-corrected chi connectivity index (χ3v) is 7.96. The van der Waals surface area contributed by atoms with Gasteiger partial charge in [0.15, 0.2) is 11.5 Å². The Bertz CT molecular complexity index is 1560. The summed E-state index contributed by atoms with van der Waals surface area (Å²) in [7, 11) is 1.58. The Morgan fingerprint density at radius 1 is 1.05 bits per heavy atom. The zero-order chi connectivity index (χ0) is 28.8. The molecule has 8 nitrogen and oxygen atoms in total. The van der Waals surface area contributed by atoms with Crippen molar-refractivity contribution < 1.29 is 19.0 Å². The minimum atomic E-state index is -0.593. The van der Waals surface area contributed by atoms with Crippen molar-refractivity contribution in [2.75, 3.05) is 18.2 Å². The Morgan fingerprint density at radius 2 is 1.83 bits per heavy atom. The van der Waals surface area contributed by atoms with E-state index in [9.17, 15) is 4.79 Å². The molecular weight excluding hydrogens is 560 g/mol. The van der Waals surface area contributed by atoms with E-state index in [0.717, 1.165) is 28.9 Å². The molecule has 41 heavy (non-hydrogen) atoms. The molecule has 5 rings (SSSR count). The molecule has 1 N–H and O–H groups in total. The maximum absolute atomic E-state index is 13.6. The Morgan fingerprint density at radius 3 is 2.59 bits per heavy atom. The molecule has 1 atom stereocenters. The number of ether oxygens (including phenoxy) is 3. The fraction of sp³-hybridized carbons (Fsp3) is 0.258. The number of allylic oxidation sites excluding steroid dienone is 1. The molecule has 0 radical (unpaired) electrons. The lowest BCUT2D eigenvalue weighted by atomic mass is 9.95. The lowest BCUT2D eigenvalue weighted by molar-refractivity contribution is -0.140. The van der Waals surface area contributed by atoms with Gasteiger partial charge in [-0.3, -0.25) is 0 Å². The van der Waals surface area contributed by atoms with Gasteiger partial charge in [-0.2, -0.15) is 4.98 Å². The van der Waals surface area contributed by atoms with Gasteiger partial charge in [0.05, 0.1) is 12.7 Å². The number of carbonyl (C=O) groups is 1. The van der Waals surface area contributed by atoms with Crippen LogP contribution in [0.4, 0.5) is 5.95 Å². The van der Waals surface area contributed by atoms with Crippen molar-refractivity contribution in [1.29, 1.82) is 0 Å². The summed E-state index contributed by atoms with van der Waals surface area (Å²) in [5, 5.41) is 9.30. The number of thioether (sulfide) groups is 1. The van der Waals surface area contributed by atoms with Gasteiger partial charge in [0.2, 0.25) is 11.1 Å². The molecule has 0 amide bonds. The average Bonchev–Trinajstić information content (AvgIpc) is 3.40. The van der Waals surface area contributed by atoms with Gasteiger partial charge < -0.3 is 19.5 Å². The highest BCUT2D eigenvalue weighted by molar-refractivity contribution is 7.99. The molecule has 1 aromatic heterocycles. The summed E-state index contributed by atoms with van der Waals surface area (Å²) in [6.07, 6.45) is 0.993. The number of esters is 1. The van der Waals surface area contributed by atoms with Crippen molar-refractivity contribution in [2.45, 2.75) is 44.7 Å². The van der Waals surface area contributed by atoms with Crippen molar-refractivity contribution in [3.63, 3.8) is 0 Å². The number of nitrogens with one attached hydrogen (secondary N) is 1. The van der Waals surface area contributed by atoms with Gasteiger partial charge >= 0.3 is 5.97 Å². The second-order valence-corrected chi connectivity index (χ2v) is 10.9. The largest absolute Gasteiger partial charge is 0.493 e. The Kier molecular flexibility index (Phi) is 9.16. The zero-order valence-electron chi connectivity index (χ0n) is 23.1. The van der Waals surface area contributed by atoms with Crippen LogP contribution in [0, 0.1) is 0 Å². The van der Waals surface area contributed by atoms with Crippen molar-refractivity contribution in [3.05, 3.63) is 106 Å². The van der Waals surface area contributed by atoms with E-state index in [1.807, 2.05) is 79.7 Å². The SMILES string of the molecule is CCCSc1nc2n(n1)C(c1ccc(OCc3ccccc3Cl)c(OC)c1)C(C(=O)OCc1ccccc1)=C(C)N2. The van der Waals surface area contributed by atoms with Crippen LogP contribution in [0.15, 0.2) is 89.2 Å². The highest BCUT2D eigenvalue weighted by Gasteiger charge is 2.36. The molecule has 1 unspecified atom stereocenters. The second kappa shape index (κ2) is 13.1. The predicted molar refractivity (Wildman–Crippen MR) is 161 cm³/mol. The molecule has 0 saturated heterocycles. The second-order valence-electron chi connectivity index (χ2n) is 9.43. The molecule has 3 aromatic carbocycles. The highest BCUT2D eigenvalue weighted by Crippen LogP contribution is 2.40. The van der Waals surface area contributed by atoms with E-state index >= 15 is 0 Å². The van der Waals surface area contributed by atoms with Crippen LogP contribution in [0.5, 0.6) is 11.5 Å². The van der Waals surface area contributed by atoms with Gasteiger partial charge in [0, 0.05) is 22.0 Å². The molecular formula is C31H31ClN4O4S. The number of methoxy groups -OCH3 is 1. The van der Waals surface area contributed by atoms with E-state index in [2.05, 4.69) is 17.2 Å². The third-order valence-electron chi connectivity index (χ3n) is 6.55. The summed E-state index contributed by atoms with van der Waals surface area (Å²) in [5.41, 5.74) is 3.64. The van der Waals surface area contributed by atoms with Crippen molar-refractivity contribution in [3.8, 4) is 11.5 Å². The first kappa shape index (κ1) is 28.6. The number of carbonyl (C=O) groups excluding carboxylic acids is 1. The van der Waals surface area contributed by atoms with Gasteiger partial charge in [-0.1, -0.05) is 84.9 Å². The monoisotopic (exact) mass is 590 g/mol. The maximum Gasteiger partial charge on any atom is 0.338 e. The number of hydrogen-bond acceptors (Lipinski definition) is 8. The first-order valence-electron chi connectivity index (χ1n) is 13.3. The normalized spacial score (nSPS) is 14.3. The molecule has 1 aliphatic heterocycles. The van der Waals surface area contributed by atoms with Crippen LogP contribution in [-0.2, 0) is 22.7 Å². The van der Waals surface area contributed by atoms with E-state index in [1.165, 1.54) is 0 Å².